The molecule has 0 atom stereocenters. The number of carbonyl (C=O) groups is 1. The molecule has 6 nitrogen and oxygen atoms in total. The van der Waals surface area contributed by atoms with Gasteiger partial charge in [-0.2, -0.15) is 16.9 Å². The van der Waals surface area contributed by atoms with Crippen LogP contribution >= 0.6 is 11.8 Å². The van der Waals surface area contributed by atoms with Crippen LogP contribution in [0, 0.1) is 0 Å². The van der Waals surface area contributed by atoms with Crippen LogP contribution in [0.25, 0.3) is 22.3 Å². The summed E-state index contributed by atoms with van der Waals surface area (Å²) >= 11 is 1.91. The number of aromatic nitrogens is 3. The van der Waals surface area contributed by atoms with Crippen molar-refractivity contribution in [2.45, 2.75) is 46.2 Å². The fraction of sp³-hybridized carbons (Fsp3) is 0.500. The summed E-state index contributed by atoms with van der Waals surface area (Å²) in [6.07, 6.45) is 4.20. The van der Waals surface area contributed by atoms with Crippen molar-refractivity contribution in [3.63, 3.8) is 0 Å². The maximum atomic E-state index is 13.5. The van der Waals surface area contributed by atoms with Crippen molar-refractivity contribution in [3.8, 4) is 11.3 Å². The topological polar surface area (TPSA) is 54.3 Å². The summed E-state index contributed by atoms with van der Waals surface area (Å²) < 4.78 is 1.92. The van der Waals surface area contributed by atoms with Crippen LogP contribution in [0.2, 0.25) is 0 Å². The molecule has 176 valence electrons. The first-order valence-corrected chi connectivity index (χ1v) is 13.2. The van der Waals surface area contributed by atoms with Gasteiger partial charge in [0.2, 0.25) is 0 Å². The smallest absolute Gasteiger partial charge is 0.254 e. The van der Waals surface area contributed by atoms with Crippen LogP contribution in [-0.4, -0.2) is 68.7 Å². The number of rotatable bonds is 8. The van der Waals surface area contributed by atoms with Crippen molar-refractivity contribution in [2.75, 3.05) is 38.2 Å². The summed E-state index contributed by atoms with van der Waals surface area (Å²) in [5.74, 6) is 2.07. The van der Waals surface area contributed by atoms with E-state index in [4.69, 9.17) is 4.98 Å². The summed E-state index contributed by atoms with van der Waals surface area (Å²) in [7, 11) is 2.17. The van der Waals surface area contributed by atoms with Gasteiger partial charge in [-0.05, 0) is 51.6 Å². The third-order valence-corrected chi connectivity index (χ3v) is 7.10. The monoisotopic (exact) mass is 465 g/mol. The minimum atomic E-state index is 0.0858. The quantitative estimate of drug-likeness (QED) is 0.463. The maximum Gasteiger partial charge on any atom is 0.254 e. The number of nitrogens with zero attached hydrogens (tertiary/aromatic N) is 5. The molecule has 1 aromatic carbocycles. The van der Waals surface area contributed by atoms with Gasteiger partial charge in [0.1, 0.15) is 0 Å². The zero-order valence-corrected chi connectivity index (χ0v) is 21.1. The van der Waals surface area contributed by atoms with Crippen molar-refractivity contribution < 1.29 is 4.79 Å². The molecule has 7 heteroatoms. The first-order chi connectivity index (χ1) is 16.0. The zero-order chi connectivity index (χ0) is 23.4. The molecule has 1 saturated heterocycles. The molecule has 0 unspecified atom stereocenters. The van der Waals surface area contributed by atoms with Crippen LogP contribution in [0.15, 0.2) is 36.5 Å². The Morgan fingerprint density at radius 1 is 1.21 bits per heavy atom. The van der Waals surface area contributed by atoms with Crippen molar-refractivity contribution in [1.82, 2.24) is 24.6 Å². The zero-order valence-electron chi connectivity index (χ0n) is 20.3. The maximum absolute atomic E-state index is 13.5. The molecule has 3 aromatic rings. The lowest BCUT2D eigenvalue weighted by atomic mass is 10.0. The standard InChI is InChI=1S/C26H35N5OS/c1-5-6-10-29(4)18-20-8-7-9-21(15-20)24-16-22(26(32)30-11-13-33-14-12-30)23-17-27-31(19(2)3)25(23)28-24/h7-9,15-17,19H,5-6,10-14,18H2,1-4H3. The molecular weight excluding hydrogens is 430 g/mol. The van der Waals surface area contributed by atoms with E-state index in [0.29, 0.717) is 5.56 Å². The summed E-state index contributed by atoms with van der Waals surface area (Å²) in [4.78, 5) is 22.9. The van der Waals surface area contributed by atoms with Gasteiger partial charge in [-0.1, -0.05) is 31.5 Å². The summed E-state index contributed by atoms with van der Waals surface area (Å²) in [5, 5.41) is 5.41. The minimum absolute atomic E-state index is 0.0858. The first-order valence-electron chi connectivity index (χ1n) is 12.0. The second-order valence-corrected chi connectivity index (χ2v) is 10.4. The Kier molecular flexibility index (Phi) is 7.71. The fourth-order valence-corrected chi connectivity index (χ4v) is 5.21. The van der Waals surface area contributed by atoms with E-state index >= 15 is 0 Å². The number of hydrogen-bond acceptors (Lipinski definition) is 5. The number of hydrogen-bond donors (Lipinski definition) is 0. The van der Waals surface area contributed by atoms with E-state index in [1.54, 1.807) is 6.20 Å². The Labute approximate surface area is 201 Å². The molecule has 33 heavy (non-hydrogen) atoms. The van der Waals surface area contributed by atoms with Crippen molar-refractivity contribution in [3.05, 3.63) is 47.7 Å². The molecule has 1 aliphatic rings. The molecule has 0 spiro atoms. The Bertz CT molecular complexity index is 1100. The molecule has 0 aliphatic carbocycles. The molecule has 0 N–H and O–H groups in total. The number of carbonyl (C=O) groups excluding carboxylic acids is 1. The van der Waals surface area contributed by atoms with E-state index in [9.17, 15) is 4.79 Å². The van der Waals surface area contributed by atoms with Gasteiger partial charge in [0.05, 0.1) is 22.8 Å². The van der Waals surface area contributed by atoms with Gasteiger partial charge in [0.25, 0.3) is 5.91 Å². The highest BCUT2D eigenvalue weighted by Gasteiger charge is 2.24. The normalized spacial score (nSPS) is 14.5. The average Bonchev–Trinajstić information content (AvgIpc) is 3.27. The number of benzene rings is 1. The van der Waals surface area contributed by atoms with Crippen LogP contribution in [0.5, 0.6) is 0 Å². The van der Waals surface area contributed by atoms with Gasteiger partial charge in [0.15, 0.2) is 5.65 Å². The second-order valence-electron chi connectivity index (χ2n) is 9.17. The van der Waals surface area contributed by atoms with Gasteiger partial charge < -0.3 is 9.80 Å². The SMILES string of the molecule is CCCCN(C)Cc1cccc(-c2cc(C(=O)N3CCSCC3)c3cnn(C(C)C)c3n2)c1. The van der Waals surface area contributed by atoms with E-state index in [-0.39, 0.29) is 11.9 Å². The van der Waals surface area contributed by atoms with Gasteiger partial charge in [-0.3, -0.25) is 4.79 Å². The van der Waals surface area contributed by atoms with E-state index in [0.717, 1.165) is 60.0 Å². The summed E-state index contributed by atoms with van der Waals surface area (Å²) in [5.41, 5.74) is 4.61. The lowest BCUT2D eigenvalue weighted by molar-refractivity contribution is 0.0774. The van der Waals surface area contributed by atoms with Gasteiger partial charge in [0, 0.05) is 42.7 Å². The van der Waals surface area contributed by atoms with Crippen molar-refractivity contribution in [2.24, 2.45) is 0 Å². The van der Waals surface area contributed by atoms with E-state index in [1.165, 1.54) is 18.4 Å². The number of amides is 1. The van der Waals surface area contributed by atoms with E-state index < -0.39 is 0 Å². The molecule has 1 aliphatic heterocycles. The highest BCUT2D eigenvalue weighted by atomic mass is 32.2. The molecule has 0 bridgehead atoms. The number of pyridine rings is 1. The molecule has 3 heterocycles. The van der Waals surface area contributed by atoms with Crippen LogP contribution < -0.4 is 0 Å². The highest BCUT2D eigenvalue weighted by molar-refractivity contribution is 7.99. The predicted octanol–water partition coefficient (Wildman–Crippen LogP) is 5.10. The third kappa shape index (κ3) is 5.41. The Morgan fingerprint density at radius 2 is 2.00 bits per heavy atom. The van der Waals surface area contributed by atoms with E-state index in [1.807, 2.05) is 27.4 Å². The van der Waals surface area contributed by atoms with Gasteiger partial charge >= 0.3 is 0 Å². The molecule has 2 aromatic heterocycles. The van der Waals surface area contributed by atoms with Crippen LogP contribution in [0.3, 0.4) is 0 Å². The molecule has 1 fully saturated rings. The van der Waals surface area contributed by atoms with Crippen LogP contribution in [0.1, 0.15) is 55.6 Å². The lowest BCUT2D eigenvalue weighted by Crippen LogP contribution is -2.38. The van der Waals surface area contributed by atoms with Crippen LogP contribution in [-0.2, 0) is 6.54 Å². The second kappa shape index (κ2) is 10.7. The van der Waals surface area contributed by atoms with Gasteiger partial charge in [-0.15, -0.1) is 0 Å². The van der Waals surface area contributed by atoms with Crippen LogP contribution in [0.4, 0.5) is 0 Å². The number of fused-ring (bicyclic) bond motifs is 1. The Hall–Kier alpha value is -2.38. The summed E-state index contributed by atoms with van der Waals surface area (Å²) in [6.45, 7) is 9.98. The third-order valence-electron chi connectivity index (χ3n) is 6.15. The lowest BCUT2D eigenvalue weighted by Gasteiger charge is -2.26. The molecule has 0 saturated carbocycles. The fourth-order valence-electron chi connectivity index (χ4n) is 4.31. The molecular formula is C26H35N5OS. The average molecular weight is 466 g/mol. The molecule has 1 amide bonds. The molecule has 4 rings (SSSR count). The molecule has 0 radical (unpaired) electrons. The Morgan fingerprint density at radius 3 is 2.73 bits per heavy atom. The van der Waals surface area contributed by atoms with Crippen molar-refractivity contribution >= 4 is 28.7 Å². The van der Waals surface area contributed by atoms with E-state index in [2.05, 4.69) is 62.1 Å². The highest BCUT2D eigenvalue weighted by Crippen LogP contribution is 2.28. The predicted molar refractivity (Wildman–Crippen MR) is 138 cm³/mol. The van der Waals surface area contributed by atoms with Crippen molar-refractivity contribution in [1.29, 1.82) is 0 Å². The summed E-state index contributed by atoms with van der Waals surface area (Å²) in [6, 6.07) is 10.7. The number of thioether (sulfide) groups is 1. The Balaban J connectivity index is 1.74. The number of unbranched alkanes of at least 4 members (excludes halogenated alkanes) is 1. The van der Waals surface area contributed by atoms with Gasteiger partial charge in [-0.25, -0.2) is 9.67 Å². The first kappa shape index (κ1) is 23.8. The largest absolute Gasteiger partial charge is 0.337 e. The minimum Gasteiger partial charge on any atom is -0.337 e.